The van der Waals surface area contributed by atoms with Crippen LogP contribution in [0.2, 0.25) is 0 Å². The fourth-order valence-electron chi connectivity index (χ4n) is 6.24. The minimum Gasteiger partial charge on any atom is -0.388 e. The summed E-state index contributed by atoms with van der Waals surface area (Å²) in [6.07, 6.45) is -4.55. The van der Waals surface area contributed by atoms with E-state index in [0.29, 0.717) is 35.1 Å². The third kappa shape index (κ3) is 5.72. The lowest BCUT2D eigenvalue weighted by molar-refractivity contribution is -0.138. The Labute approximate surface area is 224 Å². The number of aliphatic hydroxyl groups excluding tert-OH is 1. The SMILES string of the molecule is CC1(C)Cc2nc(C3CCCC3)c(Cc3ccc(C(F)(F)F)cc3)c(-c3ccc(C(F)(F)F)cc3)c2[C@@H](O)C1. The fourth-order valence-corrected chi connectivity index (χ4v) is 6.24. The normalized spacial score (nSPS) is 19.8. The van der Waals surface area contributed by atoms with Crippen LogP contribution in [0.4, 0.5) is 26.3 Å². The molecule has 0 saturated heterocycles. The number of hydrogen-bond acceptors (Lipinski definition) is 2. The largest absolute Gasteiger partial charge is 0.416 e. The zero-order valence-electron chi connectivity index (χ0n) is 21.9. The Hall–Kier alpha value is -2.87. The van der Waals surface area contributed by atoms with E-state index in [1.54, 1.807) is 0 Å². The van der Waals surface area contributed by atoms with Crippen molar-refractivity contribution in [1.29, 1.82) is 0 Å². The van der Waals surface area contributed by atoms with Gasteiger partial charge in [-0.1, -0.05) is 51.0 Å². The molecule has 0 amide bonds. The van der Waals surface area contributed by atoms with E-state index in [2.05, 4.69) is 13.8 Å². The predicted molar refractivity (Wildman–Crippen MR) is 137 cm³/mol. The monoisotopic (exact) mass is 547 g/mol. The first kappa shape index (κ1) is 27.7. The van der Waals surface area contributed by atoms with E-state index >= 15 is 0 Å². The van der Waals surface area contributed by atoms with Crippen molar-refractivity contribution in [3.8, 4) is 11.1 Å². The summed E-state index contributed by atoms with van der Waals surface area (Å²) in [6, 6.07) is 9.92. The molecule has 0 radical (unpaired) electrons. The summed E-state index contributed by atoms with van der Waals surface area (Å²) in [4.78, 5) is 5.12. The summed E-state index contributed by atoms with van der Waals surface area (Å²) in [5, 5.41) is 11.4. The Kier molecular flexibility index (Phi) is 7.06. The number of hydrogen-bond donors (Lipinski definition) is 1. The van der Waals surface area contributed by atoms with Crippen molar-refractivity contribution < 1.29 is 31.4 Å². The van der Waals surface area contributed by atoms with Crippen molar-refractivity contribution in [1.82, 2.24) is 4.98 Å². The fraction of sp³-hybridized carbons (Fsp3) is 0.452. The van der Waals surface area contributed by atoms with Gasteiger partial charge in [0.1, 0.15) is 0 Å². The van der Waals surface area contributed by atoms with E-state index in [-0.39, 0.29) is 17.8 Å². The van der Waals surface area contributed by atoms with Gasteiger partial charge in [0.05, 0.1) is 17.2 Å². The van der Waals surface area contributed by atoms with E-state index in [1.165, 1.54) is 24.3 Å². The molecule has 8 heteroatoms. The lowest BCUT2D eigenvalue weighted by atomic mass is 9.71. The standard InChI is InChI=1S/C31H31F6NO/c1-29(2)16-24-27(25(39)17-29)26(19-9-13-22(14-10-19)31(35,36)37)23(28(38-24)20-5-3-4-6-20)15-18-7-11-21(12-8-18)30(32,33)34/h7-14,20,25,39H,3-6,15-17H2,1-2H3/t25-/m0/s1. The molecule has 2 aliphatic rings. The molecule has 1 fully saturated rings. The van der Waals surface area contributed by atoms with E-state index in [0.717, 1.165) is 66.9 Å². The minimum atomic E-state index is -4.49. The number of benzene rings is 2. The molecule has 0 spiro atoms. The van der Waals surface area contributed by atoms with Crippen molar-refractivity contribution in [2.75, 3.05) is 0 Å². The van der Waals surface area contributed by atoms with Crippen molar-refractivity contribution in [2.45, 2.75) is 83.2 Å². The third-order valence-corrected chi connectivity index (χ3v) is 8.08. The number of aromatic nitrogens is 1. The molecular formula is C31H31F6NO. The molecule has 2 nitrogen and oxygen atoms in total. The van der Waals surface area contributed by atoms with Crippen LogP contribution in [0.3, 0.4) is 0 Å². The summed E-state index contributed by atoms with van der Waals surface area (Å²) in [7, 11) is 0. The topological polar surface area (TPSA) is 33.1 Å². The lowest BCUT2D eigenvalue weighted by Gasteiger charge is -2.37. The van der Waals surface area contributed by atoms with E-state index < -0.39 is 29.6 Å². The lowest BCUT2D eigenvalue weighted by Crippen LogP contribution is -2.28. The Balaban J connectivity index is 1.73. The Morgan fingerprint density at radius 2 is 1.38 bits per heavy atom. The molecule has 5 rings (SSSR count). The zero-order chi connectivity index (χ0) is 28.2. The summed E-state index contributed by atoms with van der Waals surface area (Å²) in [6.45, 7) is 4.12. The van der Waals surface area contributed by atoms with Crippen molar-refractivity contribution in [2.24, 2.45) is 5.41 Å². The highest BCUT2D eigenvalue weighted by atomic mass is 19.4. The van der Waals surface area contributed by atoms with Crippen molar-refractivity contribution in [3.05, 3.63) is 87.7 Å². The van der Waals surface area contributed by atoms with Gasteiger partial charge in [-0.3, -0.25) is 4.98 Å². The van der Waals surface area contributed by atoms with Gasteiger partial charge in [0.15, 0.2) is 0 Å². The Morgan fingerprint density at radius 3 is 1.92 bits per heavy atom. The summed E-state index contributed by atoms with van der Waals surface area (Å²) >= 11 is 0. The highest BCUT2D eigenvalue weighted by Crippen LogP contribution is 2.48. The van der Waals surface area contributed by atoms with E-state index in [1.807, 2.05) is 0 Å². The summed E-state index contributed by atoms with van der Waals surface area (Å²) in [5.74, 6) is 0.148. The quantitative estimate of drug-likeness (QED) is 0.331. The average Bonchev–Trinajstić information content (AvgIpc) is 3.37. The van der Waals surface area contributed by atoms with Crippen LogP contribution in [-0.2, 0) is 25.2 Å². The molecule has 0 aliphatic heterocycles. The van der Waals surface area contributed by atoms with Gasteiger partial charge in [-0.25, -0.2) is 0 Å². The van der Waals surface area contributed by atoms with Gasteiger partial charge >= 0.3 is 12.4 Å². The zero-order valence-corrected chi connectivity index (χ0v) is 21.9. The second-order valence-electron chi connectivity index (χ2n) is 11.7. The third-order valence-electron chi connectivity index (χ3n) is 8.08. The van der Waals surface area contributed by atoms with Gasteiger partial charge in [0.25, 0.3) is 0 Å². The summed E-state index contributed by atoms with van der Waals surface area (Å²) < 4.78 is 79.7. The molecular weight excluding hydrogens is 516 g/mol. The van der Waals surface area contributed by atoms with Crippen molar-refractivity contribution in [3.63, 3.8) is 0 Å². The molecule has 0 bridgehead atoms. The molecule has 1 atom stereocenters. The molecule has 2 aromatic carbocycles. The van der Waals surface area contributed by atoms with Crippen LogP contribution in [0.15, 0.2) is 48.5 Å². The van der Waals surface area contributed by atoms with Crippen molar-refractivity contribution >= 4 is 0 Å². The van der Waals surface area contributed by atoms with Crippen LogP contribution in [0.25, 0.3) is 11.1 Å². The van der Waals surface area contributed by atoms with E-state index in [4.69, 9.17) is 4.98 Å². The van der Waals surface area contributed by atoms with Crippen LogP contribution in [0, 0.1) is 5.41 Å². The van der Waals surface area contributed by atoms with E-state index in [9.17, 15) is 31.4 Å². The predicted octanol–water partition coefficient (Wildman–Crippen LogP) is 9.04. The molecule has 1 N–H and O–H groups in total. The van der Waals surface area contributed by atoms with Crippen LogP contribution in [-0.4, -0.2) is 10.1 Å². The molecule has 3 aromatic rings. The van der Waals surface area contributed by atoms with Crippen LogP contribution < -0.4 is 0 Å². The number of rotatable bonds is 4. The molecule has 208 valence electrons. The Bertz CT molecular complexity index is 1330. The maximum atomic E-state index is 13.4. The van der Waals surface area contributed by atoms with Crippen LogP contribution >= 0.6 is 0 Å². The Morgan fingerprint density at radius 1 is 0.846 bits per heavy atom. The maximum Gasteiger partial charge on any atom is 0.416 e. The smallest absolute Gasteiger partial charge is 0.388 e. The highest BCUT2D eigenvalue weighted by molar-refractivity contribution is 5.75. The average molecular weight is 548 g/mol. The first-order chi connectivity index (χ1) is 18.2. The van der Waals surface area contributed by atoms with Gasteiger partial charge < -0.3 is 5.11 Å². The number of fused-ring (bicyclic) bond motifs is 1. The molecule has 1 aromatic heterocycles. The number of aliphatic hydroxyl groups is 1. The number of nitrogens with zero attached hydrogens (tertiary/aromatic N) is 1. The maximum absolute atomic E-state index is 13.4. The van der Waals surface area contributed by atoms with Gasteiger partial charge in [-0.15, -0.1) is 0 Å². The second kappa shape index (κ2) is 9.95. The van der Waals surface area contributed by atoms with Crippen LogP contribution in [0.5, 0.6) is 0 Å². The minimum absolute atomic E-state index is 0.148. The molecule has 0 unspecified atom stereocenters. The number of alkyl halides is 6. The van der Waals surface area contributed by atoms with Gasteiger partial charge in [0, 0.05) is 22.9 Å². The molecule has 2 aliphatic carbocycles. The van der Waals surface area contributed by atoms with Crippen LogP contribution in [0.1, 0.15) is 97.2 Å². The first-order valence-corrected chi connectivity index (χ1v) is 13.3. The summed E-state index contributed by atoms with van der Waals surface area (Å²) in [5.41, 5.74) is 3.14. The van der Waals surface area contributed by atoms with Gasteiger partial charge in [-0.05, 0) is 84.0 Å². The molecule has 39 heavy (non-hydrogen) atoms. The van der Waals surface area contributed by atoms with Gasteiger partial charge in [0.2, 0.25) is 0 Å². The molecule has 1 heterocycles. The first-order valence-electron chi connectivity index (χ1n) is 13.3. The number of pyridine rings is 1. The second-order valence-corrected chi connectivity index (χ2v) is 11.7. The highest BCUT2D eigenvalue weighted by Gasteiger charge is 2.38. The van der Waals surface area contributed by atoms with Gasteiger partial charge in [-0.2, -0.15) is 26.3 Å². The number of halogens is 6. The molecule has 1 saturated carbocycles.